The summed E-state index contributed by atoms with van der Waals surface area (Å²) in [6, 6.07) is 0. The van der Waals surface area contributed by atoms with Crippen LogP contribution in [-0.2, 0) is 0 Å². The highest BCUT2D eigenvalue weighted by Crippen LogP contribution is 2.28. The topological polar surface area (TPSA) is 0 Å². The van der Waals surface area contributed by atoms with E-state index in [0.717, 1.165) is 5.92 Å². The SMILES string of the molecule is CCCCCCC[CH]C1CCCC1. The molecule has 0 saturated heterocycles. The molecule has 13 heavy (non-hydrogen) atoms. The van der Waals surface area contributed by atoms with Crippen LogP contribution in [0.4, 0.5) is 0 Å². The first-order chi connectivity index (χ1) is 6.43. The van der Waals surface area contributed by atoms with Crippen LogP contribution >= 0.6 is 0 Å². The van der Waals surface area contributed by atoms with Crippen molar-refractivity contribution in [1.82, 2.24) is 0 Å². The standard InChI is InChI=1S/C13H25/c1-2-3-4-5-6-7-10-13-11-8-9-12-13/h10,13H,2-9,11-12H2,1H3. The van der Waals surface area contributed by atoms with Gasteiger partial charge in [-0.1, -0.05) is 64.7 Å². The van der Waals surface area contributed by atoms with Crippen LogP contribution in [0.15, 0.2) is 0 Å². The highest BCUT2D eigenvalue weighted by atomic mass is 14.2. The number of rotatable bonds is 7. The third-order valence-corrected chi connectivity index (χ3v) is 3.21. The molecule has 0 spiro atoms. The smallest absolute Gasteiger partial charge is 0.0355 e. The fourth-order valence-corrected chi connectivity index (χ4v) is 2.29. The maximum atomic E-state index is 2.60. The van der Waals surface area contributed by atoms with Gasteiger partial charge in [0, 0.05) is 0 Å². The zero-order valence-corrected chi connectivity index (χ0v) is 9.23. The summed E-state index contributed by atoms with van der Waals surface area (Å²) in [5.41, 5.74) is 0. The lowest BCUT2D eigenvalue weighted by molar-refractivity contribution is 0.564. The molecule has 0 nitrogen and oxygen atoms in total. The van der Waals surface area contributed by atoms with Crippen LogP contribution in [0.1, 0.15) is 71.1 Å². The maximum Gasteiger partial charge on any atom is -0.0355 e. The third-order valence-electron chi connectivity index (χ3n) is 3.21. The van der Waals surface area contributed by atoms with Crippen molar-refractivity contribution in [1.29, 1.82) is 0 Å². The van der Waals surface area contributed by atoms with E-state index in [-0.39, 0.29) is 0 Å². The lowest BCUT2D eigenvalue weighted by Gasteiger charge is -2.07. The van der Waals surface area contributed by atoms with E-state index in [9.17, 15) is 0 Å². The van der Waals surface area contributed by atoms with Gasteiger partial charge < -0.3 is 0 Å². The van der Waals surface area contributed by atoms with Crippen molar-refractivity contribution < 1.29 is 0 Å². The molecule has 1 rings (SSSR count). The summed E-state index contributed by atoms with van der Waals surface area (Å²) in [5, 5.41) is 0. The van der Waals surface area contributed by atoms with E-state index in [1.165, 1.54) is 64.2 Å². The van der Waals surface area contributed by atoms with Crippen molar-refractivity contribution in [3.63, 3.8) is 0 Å². The highest BCUT2D eigenvalue weighted by molar-refractivity contribution is 4.80. The Hall–Kier alpha value is 0. The van der Waals surface area contributed by atoms with Gasteiger partial charge in [-0.2, -0.15) is 0 Å². The largest absolute Gasteiger partial charge is 0.0654 e. The van der Waals surface area contributed by atoms with Crippen LogP contribution < -0.4 is 0 Å². The molecule has 0 N–H and O–H groups in total. The lowest BCUT2D eigenvalue weighted by Crippen LogP contribution is -1.93. The molecular formula is C13H25. The first-order valence-corrected chi connectivity index (χ1v) is 6.27. The Morgan fingerprint density at radius 2 is 1.69 bits per heavy atom. The summed E-state index contributed by atoms with van der Waals surface area (Å²) in [4.78, 5) is 0. The molecule has 1 aliphatic carbocycles. The number of hydrogen-bond acceptors (Lipinski definition) is 0. The Balaban J connectivity index is 1.78. The van der Waals surface area contributed by atoms with E-state index in [1.807, 2.05) is 0 Å². The summed E-state index contributed by atoms with van der Waals surface area (Å²) in [5.74, 6) is 0.992. The van der Waals surface area contributed by atoms with Crippen LogP contribution in [0, 0.1) is 12.3 Å². The number of unbranched alkanes of at least 4 members (excludes halogenated alkanes) is 5. The van der Waals surface area contributed by atoms with Crippen molar-refractivity contribution in [3.8, 4) is 0 Å². The molecule has 0 bridgehead atoms. The first kappa shape index (κ1) is 11.1. The van der Waals surface area contributed by atoms with E-state index >= 15 is 0 Å². The van der Waals surface area contributed by atoms with E-state index in [4.69, 9.17) is 0 Å². The minimum Gasteiger partial charge on any atom is -0.0654 e. The molecule has 0 aliphatic heterocycles. The monoisotopic (exact) mass is 181 g/mol. The van der Waals surface area contributed by atoms with E-state index in [2.05, 4.69) is 13.3 Å². The normalized spacial score (nSPS) is 18.2. The Morgan fingerprint density at radius 3 is 2.38 bits per heavy atom. The summed E-state index contributed by atoms with van der Waals surface area (Å²) >= 11 is 0. The quantitative estimate of drug-likeness (QED) is 0.498. The van der Waals surface area contributed by atoms with Gasteiger partial charge in [0.25, 0.3) is 0 Å². The van der Waals surface area contributed by atoms with Gasteiger partial charge in [-0.15, -0.1) is 0 Å². The van der Waals surface area contributed by atoms with Gasteiger partial charge in [0.15, 0.2) is 0 Å². The molecule has 0 aromatic rings. The number of hydrogen-bond donors (Lipinski definition) is 0. The van der Waals surface area contributed by atoms with Gasteiger partial charge in [0.2, 0.25) is 0 Å². The molecule has 1 radical (unpaired) electrons. The third kappa shape index (κ3) is 5.33. The Labute approximate surface area is 84.1 Å². The highest BCUT2D eigenvalue weighted by Gasteiger charge is 2.13. The predicted molar refractivity (Wildman–Crippen MR) is 59.6 cm³/mol. The van der Waals surface area contributed by atoms with Crippen molar-refractivity contribution in [3.05, 3.63) is 6.42 Å². The van der Waals surface area contributed by atoms with Crippen LogP contribution in [-0.4, -0.2) is 0 Å². The maximum absolute atomic E-state index is 2.60. The molecule has 0 atom stereocenters. The Morgan fingerprint density at radius 1 is 1.00 bits per heavy atom. The molecular weight excluding hydrogens is 156 g/mol. The average molecular weight is 181 g/mol. The second-order valence-electron chi connectivity index (χ2n) is 4.48. The second-order valence-corrected chi connectivity index (χ2v) is 4.48. The first-order valence-electron chi connectivity index (χ1n) is 6.27. The van der Waals surface area contributed by atoms with Crippen LogP contribution in [0.2, 0.25) is 0 Å². The molecule has 77 valence electrons. The summed E-state index contributed by atoms with van der Waals surface area (Å²) in [6.07, 6.45) is 17.1. The summed E-state index contributed by atoms with van der Waals surface area (Å²) in [7, 11) is 0. The lowest BCUT2D eigenvalue weighted by atomic mass is 9.99. The van der Waals surface area contributed by atoms with Crippen molar-refractivity contribution in [2.75, 3.05) is 0 Å². The fourth-order valence-electron chi connectivity index (χ4n) is 2.29. The van der Waals surface area contributed by atoms with Crippen molar-refractivity contribution >= 4 is 0 Å². The van der Waals surface area contributed by atoms with E-state index in [0.29, 0.717) is 0 Å². The Bertz CT molecular complexity index is 101. The molecule has 0 heterocycles. The molecule has 0 heteroatoms. The summed E-state index contributed by atoms with van der Waals surface area (Å²) < 4.78 is 0. The molecule has 1 aliphatic rings. The molecule has 1 fully saturated rings. The minimum absolute atomic E-state index is 0.992. The van der Waals surface area contributed by atoms with Gasteiger partial charge in [-0.05, 0) is 18.8 Å². The van der Waals surface area contributed by atoms with Crippen LogP contribution in [0.5, 0.6) is 0 Å². The van der Waals surface area contributed by atoms with Gasteiger partial charge in [0.05, 0.1) is 0 Å². The zero-order chi connectivity index (χ0) is 9.36. The molecule has 1 saturated carbocycles. The van der Waals surface area contributed by atoms with Crippen molar-refractivity contribution in [2.24, 2.45) is 5.92 Å². The van der Waals surface area contributed by atoms with Gasteiger partial charge in [-0.25, -0.2) is 0 Å². The van der Waals surface area contributed by atoms with Crippen LogP contribution in [0.3, 0.4) is 0 Å². The molecule has 0 unspecified atom stereocenters. The van der Waals surface area contributed by atoms with Gasteiger partial charge in [-0.3, -0.25) is 0 Å². The Kier molecular flexibility index (Phi) is 6.31. The summed E-state index contributed by atoms with van der Waals surface area (Å²) in [6.45, 7) is 2.28. The van der Waals surface area contributed by atoms with E-state index in [1.54, 1.807) is 0 Å². The molecule has 0 amide bonds. The van der Waals surface area contributed by atoms with Gasteiger partial charge in [0.1, 0.15) is 0 Å². The molecule has 0 aromatic heterocycles. The van der Waals surface area contributed by atoms with E-state index < -0.39 is 0 Å². The fraction of sp³-hybridized carbons (Fsp3) is 0.923. The molecule has 0 aromatic carbocycles. The van der Waals surface area contributed by atoms with Gasteiger partial charge >= 0.3 is 0 Å². The average Bonchev–Trinajstić information content (AvgIpc) is 2.63. The zero-order valence-electron chi connectivity index (χ0n) is 9.23. The minimum atomic E-state index is 0.992. The van der Waals surface area contributed by atoms with Crippen LogP contribution in [0.25, 0.3) is 0 Å². The predicted octanol–water partition coefficient (Wildman–Crippen LogP) is 4.74. The van der Waals surface area contributed by atoms with Crippen molar-refractivity contribution in [2.45, 2.75) is 71.1 Å². The second kappa shape index (κ2) is 7.41.